The Hall–Kier alpha value is -2.76. The highest BCUT2D eigenvalue weighted by molar-refractivity contribution is 5.91. The second-order valence-electron chi connectivity index (χ2n) is 7.62. The number of nitrogens with zero attached hydrogens (tertiary/aromatic N) is 2. The van der Waals surface area contributed by atoms with Crippen LogP contribution in [0.4, 0.5) is 5.82 Å². The number of carbonyl (C=O) groups is 1. The summed E-state index contributed by atoms with van der Waals surface area (Å²) in [5, 5.41) is 11.5. The smallest absolute Gasteiger partial charge is 0.225 e. The number of methoxy groups -OCH3 is 1. The lowest BCUT2D eigenvalue weighted by Crippen LogP contribution is -2.18. The Labute approximate surface area is 165 Å². The first-order chi connectivity index (χ1) is 13.7. The summed E-state index contributed by atoms with van der Waals surface area (Å²) >= 11 is 0. The number of aryl methyl sites for hydroxylation is 1. The van der Waals surface area contributed by atoms with Gasteiger partial charge in [-0.05, 0) is 49.9 Å². The number of rotatable bonds is 6. The van der Waals surface area contributed by atoms with Crippen molar-refractivity contribution in [3.63, 3.8) is 0 Å². The van der Waals surface area contributed by atoms with Crippen LogP contribution in [0.15, 0.2) is 30.3 Å². The molecule has 0 bridgehead atoms. The minimum atomic E-state index is 0.0609. The molecule has 1 aliphatic carbocycles. The Morgan fingerprint density at radius 2 is 2.07 bits per heavy atom. The van der Waals surface area contributed by atoms with Crippen molar-refractivity contribution in [2.75, 3.05) is 12.4 Å². The first-order valence-corrected chi connectivity index (χ1v) is 10.2. The van der Waals surface area contributed by atoms with Gasteiger partial charge in [0.25, 0.3) is 0 Å². The SMILES string of the molecule is CCn1c(-c2cc(NC(=O)CC3CCCCC3)n[nH]2)cc2cc(OC)ccc21. The number of benzene rings is 1. The Balaban J connectivity index is 1.52. The van der Waals surface area contributed by atoms with Gasteiger partial charge in [-0.3, -0.25) is 9.89 Å². The molecule has 0 saturated heterocycles. The van der Waals surface area contributed by atoms with Crippen LogP contribution in [0.1, 0.15) is 45.4 Å². The van der Waals surface area contributed by atoms with Crippen LogP contribution in [0, 0.1) is 5.92 Å². The van der Waals surface area contributed by atoms with E-state index in [0.717, 1.165) is 34.6 Å². The van der Waals surface area contributed by atoms with E-state index in [-0.39, 0.29) is 5.91 Å². The Morgan fingerprint density at radius 3 is 2.82 bits per heavy atom. The van der Waals surface area contributed by atoms with Gasteiger partial charge in [0.05, 0.1) is 18.5 Å². The van der Waals surface area contributed by atoms with Crippen molar-refractivity contribution in [3.05, 3.63) is 30.3 Å². The zero-order chi connectivity index (χ0) is 19.5. The third-order valence-electron chi connectivity index (χ3n) is 5.74. The Kier molecular flexibility index (Phi) is 5.37. The zero-order valence-electron chi connectivity index (χ0n) is 16.6. The number of amides is 1. The van der Waals surface area contributed by atoms with Gasteiger partial charge in [0.15, 0.2) is 5.82 Å². The van der Waals surface area contributed by atoms with Gasteiger partial charge in [-0.25, -0.2) is 0 Å². The first kappa shape index (κ1) is 18.6. The van der Waals surface area contributed by atoms with Crippen molar-refractivity contribution < 1.29 is 9.53 Å². The molecule has 1 saturated carbocycles. The lowest BCUT2D eigenvalue weighted by atomic mass is 9.87. The topological polar surface area (TPSA) is 71.9 Å². The molecular formula is C22H28N4O2. The minimum absolute atomic E-state index is 0.0609. The van der Waals surface area contributed by atoms with E-state index in [1.807, 2.05) is 18.2 Å². The van der Waals surface area contributed by atoms with Crippen molar-refractivity contribution in [1.82, 2.24) is 14.8 Å². The summed E-state index contributed by atoms with van der Waals surface area (Å²) < 4.78 is 7.58. The number of H-pyrrole nitrogens is 1. The van der Waals surface area contributed by atoms with Crippen LogP contribution in [0.25, 0.3) is 22.3 Å². The number of fused-ring (bicyclic) bond motifs is 1. The van der Waals surface area contributed by atoms with E-state index in [2.05, 4.69) is 39.1 Å². The van der Waals surface area contributed by atoms with E-state index < -0.39 is 0 Å². The fraction of sp³-hybridized carbons (Fsp3) is 0.455. The average molecular weight is 380 g/mol. The van der Waals surface area contributed by atoms with Crippen LogP contribution in [0.5, 0.6) is 5.75 Å². The number of hydrogen-bond acceptors (Lipinski definition) is 3. The predicted octanol–water partition coefficient (Wildman–Crippen LogP) is 4.97. The fourth-order valence-electron chi connectivity index (χ4n) is 4.30. The molecule has 28 heavy (non-hydrogen) atoms. The normalized spacial score (nSPS) is 15.1. The number of nitrogens with one attached hydrogen (secondary N) is 2. The van der Waals surface area contributed by atoms with Crippen LogP contribution in [-0.2, 0) is 11.3 Å². The zero-order valence-corrected chi connectivity index (χ0v) is 16.6. The maximum atomic E-state index is 12.4. The third-order valence-corrected chi connectivity index (χ3v) is 5.74. The molecule has 0 aliphatic heterocycles. The van der Waals surface area contributed by atoms with E-state index >= 15 is 0 Å². The molecule has 1 aromatic carbocycles. The summed E-state index contributed by atoms with van der Waals surface area (Å²) in [4.78, 5) is 12.4. The van der Waals surface area contributed by atoms with Crippen LogP contribution in [0.3, 0.4) is 0 Å². The highest BCUT2D eigenvalue weighted by Gasteiger charge is 2.18. The maximum Gasteiger partial charge on any atom is 0.225 e. The minimum Gasteiger partial charge on any atom is -0.497 e. The lowest BCUT2D eigenvalue weighted by molar-refractivity contribution is -0.117. The molecule has 2 heterocycles. The van der Waals surface area contributed by atoms with Crippen LogP contribution in [0.2, 0.25) is 0 Å². The largest absolute Gasteiger partial charge is 0.497 e. The molecule has 6 heteroatoms. The highest BCUT2D eigenvalue weighted by atomic mass is 16.5. The van der Waals surface area contributed by atoms with Gasteiger partial charge in [-0.1, -0.05) is 19.3 Å². The number of carbonyl (C=O) groups excluding carboxylic acids is 1. The summed E-state index contributed by atoms with van der Waals surface area (Å²) in [5.41, 5.74) is 3.09. The Bertz CT molecular complexity index is 966. The number of anilines is 1. The molecule has 3 aromatic rings. The van der Waals surface area contributed by atoms with E-state index in [1.165, 1.54) is 32.1 Å². The van der Waals surface area contributed by atoms with Crippen LogP contribution < -0.4 is 10.1 Å². The Morgan fingerprint density at radius 1 is 1.25 bits per heavy atom. The van der Waals surface area contributed by atoms with Gasteiger partial charge in [-0.15, -0.1) is 0 Å². The maximum absolute atomic E-state index is 12.4. The molecule has 0 spiro atoms. The van der Waals surface area contributed by atoms with E-state index in [9.17, 15) is 4.79 Å². The van der Waals surface area contributed by atoms with E-state index in [0.29, 0.717) is 18.2 Å². The monoisotopic (exact) mass is 380 g/mol. The second-order valence-corrected chi connectivity index (χ2v) is 7.62. The molecule has 2 N–H and O–H groups in total. The predicted molar refractivity (Wildman–Crippen MR) is 112 cm³/mol. The third kappa shape index (κ3) is 3.77. The number of aromatic amines is 1. The molecule has 1 amide bonds. The molecule has 1 fully saturated rings. The summed E-state index contributed by atoms with van der Waals surface area (Å²) in [5.74, 6) is 2.00. The van der Waals surface area contributed by atoms with Crippen molar-refractivity contribution >= 4 is 22.6 Å². The van der Waals surface area contributed by atoms with Gasteiger partial charge < -0.3 is 14.6 Å². The van der Waals surface area contributed by atoms with Crippen molar-refractivity contribution in [2.45, 2.75) is 52.0 Å². The quantitative estimate of drug-likeness (QED) is 0.634. The molecule has 1 aliphatic rings. The molecule has 2 aromatic heterocycles. The molecule has 6 nitrogen and oxygen atoms in total. The summed E-state index contributed by atoms with van der Waals surface area (Å²) in [7, 11) is 1.68. The van der Waals surface area contributed by atoms with Crippen molar-refractivity contribution in [1.29, 1.82) is 0 Å². The van der Waals surface area contributed by atoms with Gasteiger partial charge in [-0.2, -0.15) is 5.10 Å². The van der Waals surface area contributed by atoms with Gasteiger partial charge in [0.1, 0.15) is 5.75 Å². The summed E-state index contributed by atoms with van der Waals surface area (Å²) in [6, 6.07) is 10.1. The van der Waals surface area contributed by atoms with Gasteiger partial charge in [0.2, 0.25) is 5.91 Å². The molecular weight excluding hydrogens is 352 g/mol. The average Bonchev–Trinajstić information content (AvgIpc) is 3.31. The van der Waals surface area contributed by atoms with Crippen LogP contribution in [-0.4, -0.2) is 27.8 Å². The highest BCUT2D eigenvalue weighted by Crippen LogP contribution is 2.31. The number of hydrogen-bond donors (Lipinski definition) is 2. The van der Waals surface area contributed by atoms with Crippen molar-refractivity contribution in [2.24, 2.45) is 5.92 Å². The first-order valence-electron chi connectivity index (χ1n) is 10.2. The fourth-order valence-corrected chi connectivity index (χ4v) is 4.30. The molecule has 0 radical (unpaired) electrons. The van der Waals surface area contributed by atoms with Crippen LogP contribution >= 0.6 is 0 Å². The molecule has 0 atom stereocenters. The molecule has 0 unspecified atom stereocenters. The standard InChI is InChI=1S/C22H28N4O2/c1-3-26-19-10-9-17(28-2)12-16(19)13-20(26)18-14-21(25-24-18)23-22(27)11-15-7-5-4-6-8-15/h9-10,12-15H,3-8,11H2,1-2H3,(H2,23,24,25,27). The number of aromatic nitrogens is 3. The van der Waals surface area contributed by atoms with E-state index in [4.69, 9.17) is 4.74 Å². The molecule has 148 valence electrons. The number of ether oxygens (including phenoxy) is 1. The summed E-state index contributed by atoms with van der Waals surface area (Å²) in [6.07, 6.45) is 6.72. The van der Waals surface area contributed by atoms with E-state index in [1.54, 1.807) is 7.11 Å². The van der Waals surface area contributed by atoms with Crippen molar-refractivity contribution in [3.8, 4) is 17.1 Å². The molecule has 4 rings (SSSR count). The van der Waals surface area contributed by atoms with Gasteiger partial charge in [0, 0.05) is 29.9 Å². The van der Waals surface area contributed by atoms with Gasteiger partial charge >= 0.3 is 0 Å². The lowest BCUT2D eigenvalue weighted by Gasteiger charge is -2.20. The summed E-state index contributed by atoms with van der Waals surface area (Å²) in [6.45, 7) is 2.96. The second kappa shape index (κ2) is 8.09.